The number of nitrogens with zero attached hydrogens (tertiary/aromatic N) is 2. The van der Waals surface area contributed by atoms with Gasteiger partial charge in [0.05, 0.1) is 5.69 Å². The van der Waals surface area contributed by atoms with E-state index in [-0.39, 0.29) is 6.04 Å². The fraction of sp³-hybridized carbons (Fsp3) is 0.471. The van der Waals surface area contributed by atoms with E-state index in [1.807, 2.05) is 11.7 Å². The molecule has 0 saturated carbocycles. The van der Waals surface area contributed by atoms with Gasteiger partial charge in [-0.2, -0.15) is 5.10 Å². The fourth-order valence-corrected chi connectivity index (χ4v) is 2.51. The molecule has 3 nitrogen and oxygen atoms in total. The zero-order valence-corrected chi connectivity index (χ0v) is 13.1. The molecule has 0 radical (unpaired) electrons. The molecule has 3 heteroatoms. The van der Waals surface area contributed by atoms with E-state index in [1.165, 1.54) is 22.4 Å². The van der Waals surface area contributed by atoms with Crippen molar-refractivity contribution in [3.63, 3.8) is 0 Å². The van der Waals surface area contributed by atoms with E-state index in [0.717, 1.165) is 12.1 Å². The summed E-state index contributed by atoms with van der Waals surface area (Å²) in [6, 6.07) is 8.95. The molecular weight excluding hydrogens is 246 g/mol. The Bertz CT molecular complexity index is 579. The zero-order valence-electron chi connectivity index (χ0n) is 13.1. The lowest BCUT2D eigenvalue weighted by Crippen LogP contribution is -2.28. The molecule has 2 N–H and O–H groups in total. The highest BCUT2D eigenvalue weighted by atomic mass is 15.3. The lowest BCUT2D eigenvalue weighted by molar-refractivity contribution is 0.490. The lowest BCUT2D eigenvalue weighted by atomic mass is 9.95. The van der Waals surface area contributed by atoms with Crippen LogP contribution in [0.5, 0.6) is 0 Å². The van der Waals surface area contributed by atoms with Crippen molar-refractivity contribution in [1.29, 1.82) is 0 Å². The lowest BCUT2D eigenvalue weighted by Gasteiger charge is -2.15. The van der Waals surface area contributed by atoms with Crippen LogP contribution >= 0.6 is 0 Å². The van der Waals surface area contributed by atoms with E-state index in [2.05, 4.69) is 57.1 Å². The molecule has 0 aliphatic carbocycles. The first-order valence-electron chi connectivity index (χ1n) is 7.25. The number of hydrogen-bond donors (Lipinski definition) is 1. The fourth-order valence-electron chi connectivity index (χ4n) is 2.51. The first-order chi connectivity index (χ1) is 9.40. The summed E-state index contributed by atoms with van der Waals surface area (Å²) in [5.41, 5.74) is 12.2. The number of aryl methyl sites for hydroxylation is 2. The highest BCUT2D eigenvalue weighted by molar-refractivity contribution is 5.68. The van der Waals surface area contributed by atoms with Crippen LogP contribution in [0, 0.1) is 19.8 Å². The van der Waals surface area contributed by atoms with E-state index < -0.39 is 0 Å². The van der Waals surface area contributed by atoms with Crippen molar-refractivity contribution in [2.24, 2.45) is 18.7 Å². The van der Waals surface area contributed by atoms with Crippen LogP contribution in [-0.4, -0.2) is 15.8 Å². The van der Waals surface area contributed by atoms with Crippen LogP contribution in [0.15, 0.2) is 24.3 Å². The Morgan fingerprint density at radius 3 is 2.20 bits per heavy atom. The van der Waals surface area contributed by atoms with Crippen molar-refractivity contribution in [2.45, 2.75) is 40.2 Å². The van der Waals surface area contributed by atoms with Crippen LogP contribution in [-0.2, 0) is 13.5 Å². The van der Waals surface area contributed by atoms with Crippen molar-refractivity contribution in [3.8, 4) is 11.1 Å². The molecule has 2 rings (SSSR count). The van der Waals surface area contributed by atoms with Crippen LogP contribution in [0.2, 0.25) is 0 Å². The molecule has 20 heavy (non-hydrogen) atoms. The molecule has 0 spiro atoms. The van der Waals surface area contributed by atoms with Crippen LogP contribution in [0.1, 0.15) is 30.8 Å². The predicted molar refractivity (Wildman–Crippen MR) is 84.6 cm³/mol. The molecular formula is C17H25N3. The molecule has 1 unspecified atom stereocenters. The normalized spacial score (nSPS) is 12.9. The van der Waals surface area contributed by atoms with Gasteiger partial charge in [-0.3, -0.25) is 4.68 Å². The van der Waals surface area contributed by atoms with Crippen molar-refractivity contribution in [1.82, 2.24) is 9.78 Å². The summed E-state index contributed by atoms with van der Waals surface area (Å²) in [4.78, 5) is 0. The van der Waals surface area contributed by atoms with Gasteiger partial charge in [0.25, 0.3) is 0 Å². The Morgan fingerprint density at radius 2 is 1.75 bits per heavy atom. The Labute approximate surface area is 121 Å². The van der Waals surface area contributed by atoms with Gasteiger partial charge in [0.15, 0.2) is 0 Å². The van der Waals surface area contributed by atoms with Crippen LogP contribution in [0.3, 0.4) is 0 Å². The molecule has 0 saturated heterocycles. The van der Waals surface area contributed by atoms with Gasteiger partial charge in [0.1, 0.15) is 0 Å². The zero-order chi connectivity index (χ0) is 14.9. The van der Waals surface area contributed by atoms with Crippen molar-refractivity contribution < 1.29 is 0 Å². The molecule has 1 aromatic heterocycles. The monoisotopic (exact) mass is 271 g/mol. The minimum atomic E-state index is 0.225. The van der Waals surface area contributed by atoms with Crippen LogP contribution in [0.4, 0.5) is 0 Å². The summed E-state index contributed by atoms with van der Waals surface area (Å²) in [6.45, 7) is 8.51. The average Bonchev–Trinajstić information content (AvgIpc) is 2.64. The number of hydrogen-bond acceptors (Lipinski definition) is 2. The first-order valence-corrected chi connectivity index (χ1v) is 7.25. The minimum absolute atomic E-state index is 0.225. The average molecular weight is 271 g/mol. The molecule has 108 valence electrons. The van der Waals surface area contributed by atoms with Gasteiger partial charge in [-0.1, -0.05) is 38.1 Å². The molecule has 0 amide bonds. The second kappa shape index (κ2) is 5.80. The largest absolute Gasteiger partial charge is 0.327 e. The summed E-state index contributed by atoms with van der Waals surface area (Å²) < 4.78 is 1.94. The Balaban J connectivity index is 2.24. The maximum atomic E-state index is 6.14. The summed E-state index contributed by atoms with van der Waals surface area (Å²) >= 11 is 0. The number of aromatic nitrogens is 2. The van der Waals surface area contributed by atoms with Crippen LogP contribution in [0.25, 0.3) is 11.1 Å². The van der Waals surface area contributed by atoms with Gasteiger partial charge in [-0.25, -0.2) is 0 Å². The highest BCUT2D eigenvalue weighted by Crippen LogP contribution is 2.26. The maximum absolute atomic E-state index is 6.14. The number of rotatable bonds is 4. The standard InChI is InChI=1S/C17H25N3/c1-11(2)16(18)10-14-6-8-15(9-7-14)17-12(3)19-20(5)13(17)4/h6-9,11,16H,10,18H2,1-5H3. The Kier molecular flexibility index (Phi) is 4.29. The minimum Gasteiger partial charge on any atom is -0.327 e. The van der Waals surface area contributed by atoms with Crippen molar-refractivity contribution in [2.75, 3.05) is 0 Å². The molecule has 1 atom stereocenters. The van der Waals surface area contributed by atoms with Gasteiger partial charge < -0.3 is 5.73 Å². The Morgan fingerprint density at radius 1 is 1.15 bits per heavy atom. The van der Waals surface area contributed by atoms with Gasteiger partial charge in [0, 0.05) is 24.3 Å². The second-order valence-corrected chi connectivity index (χ2v) is 5.98. The highest BCUT2D eigenvalue weighted by Gasteiger charge is 2.12. The van der Waals surface area contributed by atoms with Gasteiger partial charge in [0.2, 0.25) is 0 Å². The molecule has 0 fully saturated rings. The topological polar surface area (TPSA) is 43.8 Å². The summed E-state index contributed by atoms with van der Waals surface area (Å²) in [5.74, 6) is 0.512. The molecule has 1 aromatic carbocycles. The first kappa shape index (κ1) is 14.8. The van der Waals surface area contributed by atoms with E-state index in [1.54, 1.807) is 0 Å². The third kappa shape index (κ3) is 2.93. The summed E-state index contributed by atoms with van der Waals surface area (Å²) in [6.07, 6.45) is 0.933. The third-order valence-electron chi connectivity index (χ3n) is 4.08. The van der Waals surface area contributed by atoms with Crippen molar-refractivity contribution in [3.05, 3.63) is 41.2 Å². The van der Waals surface area contributed by atoms with Gasteiger partial charge in [-0.15, -0.1) is 0 Å². The van der Waals surface area contributed by atoms with Gasteiger partial charge >= 0.3 is 0 Å². The smallest absolute Gasteiger partial charge is 0.0674 e. The van der Waals surface area contributed by atoms with E-state index in [4.69, 9.17) is 5.73 Å². The molecule has 0 aliphatic heterocycles. The summed E-state index contributed by atoms with van der Waals surface area (Å²) in [7, 11) is 1.99. The molecule has 1 heterocycles. The number of nitrogens with two attached hydrogens (primary N) is 1. The Hall–Kier alpha value is -1.61. The molecule has 0 bridgehead atoms. The molecule has 0 aliphatic rings. The van der Waals surface area contributed by atoms with E-state index in [0.29, 0.717) is 5.92 Å². The SMILES string of the molecule is Cc1nn(C)c(C)c1-c1ccc(CC(N)C(C)C)cc1. The molecule has 2 aromatic rings. The van der Waals surface area contributed by atoms with Gasteiger partial charge in [-0.05, 0) is 37.3 Å². The maximum Gasteiger partial charge on any atom is 0.0674 e. The van der Waals surface area contributed by atoms with E-state index >= 15 is 0 Å². The quantitative estimate of drug-likeness (QED) is 0.927. The van der Waals surface area contributed by atoms with Crippen LogP contribution < -0.4 is 5.73 Å². The van der Waals surface area contributed by atoms with E-state index in [9.17, 15) is 0 Å². The third-order valence-corrected chi connectivity index (χ3v) is 4.08. The second-order valence-electron chi connectivity index (χ2n) is 5.98. The number of benzene rings is 1. The predicted octanol–water partition coefficient (Wildman–Crippen LogP) is 3.23. The van der Waals surface area contributed by atoms with Crippen molar-refractivity contribution >= 4 is 0 Å². The summed E-state index contributed by atoms with van der Waals surface area (Å²) in [5, 5.41) is 4.48.